The molecule has 2 fully saturated rings. The van der Waals surface area contributed by atoms with E-state index in [1.54, 1.807) is 4.57 Å². The third-order valence-corrected chi connectivity index (χ3v) is 4.44. The fourth-order valence-corrected chi connectivity index (χ4v) is 3.14. The molecule has 2 aliphatic heterocycles. The van der Waals surface area contributed by atoms with Gasteiger partial charge in [-0.15, -0.1) is 0 Å². The van der Waals surface area contributed by atoms with Crippen LogP contribution in [0.5, 0.6) is 0 Å². The number of imidazole rings is 1. The molecule has 2 aromatic heterocycles. The van der Waals surface area contributed by atoms with Gasteiger partial charge in [0.15, 0.2) is 23.2 Å². The van der Waals surface area contributed by atoms with Crippen LogP contribution in [0.2, 0.25) is 0 Å². The summed E-state index contributed by atoms with van der Waals surface area (Å²) in [5, 5.41) is 29.4. The lowest BCUT2D eigenvalue weighted by molar-refractivity contribution is -0.0511. The van der Waals surface area contributed by atoms with E-state index in [9.17, 15) is 15.3 Å². The summed E-state index contributed by atoms with van der Waals surface area (Å²) in [7, 11) is 0. The van der Waals surface area contributed by atoms with Gasteiger partial charge in [-0.05, 0) is 0 Å². The summed E-state index contributed by atoms with van der Waals surface area (Å²) >= 11 is 0. The Bertz CT molecular complexity index is 719. The maximum Gasteiger partial charge on any atom is 0.167 e. The van der Waals surface area contributed by atoms with E-state index in [4.69, 9.17) is 9.47 Å². The van der Waals surface area contributed by atoms with Gasteiger partial charge in [0.1, 0.15) is 24.6 Å². The Balaban J connectivity index is 1.71. The first kappa shape index (κ1) is 15.7. The molecule has 0 aliphatic carbocycles. The number of hydrogen-bond acceptors (Lipinski definition) is 9. The maximum absolute atomic E-state index is 10.2. The number of aliphatic hydroxyl groups excluding tert-OH is 3. The van der Waals surface area contributed by atoms with Crippen molar-refractivity contribution in [3.8, 4) is 0 Å². The molecule has 0 unspecified atom stereocenters. The minimum atomic E-state index is -1.18. The van der Waals surface area contributed by atoms with Gasteiger partial charge in [-0.25, -0.2) is 15.0 Å². The fraction of sp³-hybridized carbons (Fsp3) is 0.643. The van der Waals surface area contributed by atoms with Gasteiger partial charge < -0.3 is 29.7 Å². The monoisotopic (exact) mass is 337 g/mol. The predicted octanol–water partition coefficient (Wildman–Crippen LogP) is -1.73. The van der Waals surface area contributed by atoms with E-state index >= 15 is 0 Å². The van der Waals surface area contributed by atoms with E-state index in [-0.39, 0.29) is 6.61 Å². The Labute approximate surface area is 137 Å². The van der Waals surface area contributed by atoms with Crippen LogP contribution in [-0.2, 0) is 9.47 Å². The van der Waals surface area contributed by atoms with Gasteiger partial charge in [0.25, 0.3) is 0 Å². The Morgan fingerprint density at radius 2 is 1.92 bits per heavy atom. The van der Waals surface area contributed by atoms with Crippen molar-refractivity contribution in [2.75, 3.05) is 37.8 Å². The van der Waals surface area contributed by atoms with Crippen molar-refractivity contribution in [3.05, 3.63) is 12.7 Å². The minimum Gasteiger partial charge on any atom is -0.394 e. The maximum atomic E-state index is 10.2. The molecule has 3 N–H and O–H groups in total. The van der Waals surface area contributed by atoms with Crippen LogP contribution >= 0.6 is 0 Å². The van der Waals surface area contributed by atoms with Crippen LogP contribution in [0, 0.1) is 0 Å². The zero-order valence-corrected chi connectivity index (χ0v) is 12.9. The normalized spacial score (nSPS) is 31.0. The number of ether oxygens (including phenoxy) is 2. The number of anilines is 1. The fourth-order valence-electron chi connectivity index (χ4n) is 3.14. The smallest absolute Gasteiger partial charge is 0.167 e. The van der Waals surface area contributed by atoms with Crippen molar-refractivity contribution in [1.29, 1.82) is 0 Å². The molecule has 10 heteroatoms. The van der Waals surface area contributed by atoms with Crippen LogP contribution in [0.25, 0.3) is 11.2 Å². The van der Waals surface area contributed by atoms with E-state index in [0.717, 1.165) is 0 Å². The molecule has 2 aliphatic rings. The third kappa shape index (κ3) is 2.43. The highest BCUT2D eigenvalue weighted by atomic mass is 16.6. The van der Waals surface area contributed by atoms with Crippen LogP contribution < -0.4 is 4.90 Å². The van der Waals surface area contributed by atoms with Gasteiger partial charge in [0, 0.05) is 13.1 Å². The molecule has 0 bridgehead atoms. The molecule has 4 rings (SSSR count). The van der Waals surface area contributed by atoms with E-state index in [2.05, 4.69) is 19.9 Å². The van der Waals surface area contributed by atoms with E-state index in [1.165, 1.54) is 12.7 Å². The van der Waals surface area contributed by atoms with Crippen LogP contribution in [0.1, 0.15) is 6.23 Å². The predicted molar refractivity (Wildman–Crippen MR) is 81.4 cm³/mol. The summed E-state index contributed by atoms with van der Waals surface area (Å²) in [6, 6.07) is 0. The van der Waals surface area contributed by atoms with Crippen molar-refractivity contribution >= 4 is 17.0 Å². The molecule has 0 spiro atoms. The molecule has 4 heterocycles. The molecule has 10 nitrogen and oxygen atoms in total. The number of fused-ring (bicyclic) bond motifs is 1. The van der Waals surface area contributed by atoms with Crippen molar-refractivity contribution < 1.29 is 24.8 Å². The Morgan fingerprint density at radius 1 is 1.12 bits per heavy atom. The summed E-state index contributed by atoms with van der Waals surface area (Å²) < 4.78 is 12.5. The highest BCUT2D eigenvalue weighted by molar-refractivity contribution is 5.83. The van der Waals surface area contributed by atoms with Crippen LogP contribution in [0.3, 0.4) is 0 Å². The second-order valence-electron chi connectivity index (χ2n) is 5.85. The standard InChI is InChI=1S/C14H19N5O5/c20-5-8-10(21)11(22)14(24-8)19-7-17-9-12(15-6-16-13(9)19)18-1-3-23-4-2-18/h6-8,10-11,14,20-22H,1-5H2/t8-,10-,11+,14-/m0/s1. The van der Waals surface area contributed by atoms with Gasteiger partial charge in [-0.1, -0.05) is 0 Å². The van der Waals surface area contributed by atoms with Gasteiger partial charge in [-0.3, -0.25) is 4.57 Å². The molecule has 2 saturated heterocycles. The zero-order valence-electron chi connectivity index (χ0n) is 12.9. The lowest BCUT2D eigenvalue weighted by atomic mass is 10.1. The average Bonchev–Trinajstić information content (AvgIpc) is 3.17. The Kier molecular flexibility index (Phi) is 4.06. The number of morpholine rings is 1. The molecule has 130 valence electrons. The van der Waals surface area contributed by atoms with E-state index < -0.39 is 24.5 Å². The second kappa shape index (κ2) is 6.22. The summed E-state index contributed by atoms with van der Waals surface area (Å²) in [6.45, 7) is 2.30. The van der Waals surface area contributed by atoms with Gasteiger partial charge >= 0.3 is 0 Å². The topological polar surface area (TPSA) is 126 Å². The molecular formula is C14H19N5O5. The highest BCUT2D eigenvalue weighted by Crippen LogP contribution is 2.32. The van der Waals surface area contributed by atoms with Gasteiger partial charge in [0.05, 0.1) is 26.1 Å². The van der Waals surface area contributed by atoms with Gasteiger partial charge in [0.2, 0.25) is 0 Å². The quantitative estimate of drug-likeness (QED) is 0.599. The number of aliphatic hydroxyl groups is 3. The molecule has 0 amide bonds. The molecule has 0 saturated carbocycles. The number of nitrogens with zero attached hydrogens (tertiary/aromatic N) is 5. The lowest BCUT2D eigenvalue weighted by Gasteiger charge is -2.27. The summed E-state index contributed by atoms with van der Waals surface area (Å²) in [5.74, 6) is 0.703. The Hall–Kier alpha value is -1.85. The summed E-state index contributed by atoms with van der Waals surface area (Å²) in [4.78, 5) is 15.0. The first-order valence-corrected chi connectivity index (χ1v) is 7.83. The van der Waals surface area contributed by atoms with Crippen molar-refractivity contribution in [3.63, 3.8) is 0 Å². The van der Waals surface area contributed by atoms with Crippen LogP contribution in [-0.4, -0.2) is 86.1 Å². The highest BCUT2D eigenvalue weighted by Gasteiger charge is 2.44. The zero-order chi connectivity index (χ0) is 16.7. The van der Waals surface area contributed by atoms with Crippen LogP contribution in [0.15, 0.2) is 12.7 Å². The lowest BCUT2D eigenvalue weighted by Crippen LogP contribution is -2.37. The summed E-state index contributed by atoms with van der Waals surface area (Å²) in [5.41, 5.74) is 1.10. The van der Waals surface area contributed by atoms with E-state index in [1.807, 2.05) is 0 Å². The van der Waals surface area contributed by atoms with Crippen molar-refractivity contribution in [2.45, 2.75) is 24.5 Å². The summed E-state index contributed by atoms with van der Waals surface area (Å²) in [6.07, 6.45) is -1.12. The van der Waals surface area contributed by atoms with Crippen molar-refractivity contribution in [1.82, 2.24) is 19.5 Å². The average molecular weight is 337 g/mol. The van der Waals surface area contributed by atoms with Gasteiger partial charge in [-0.2, -0.15) is 0 Å². The molecular weight excluding hydrogens is 318 g/mol. The molecule has 0 aromatic carbocycles. The minimum absolute atomic E-state index is 0.380. The SMILES string of the molecule is OC[C@@H]1O[C@H](n2cnc3c(N4CCOCC4)ncnc32)[C@H](O)[C@H]1O. The largest absolute Gasteiger partial charge is 0.394 e. The van der Waals surface area contributed by atoms with E-state index in [0.29, 0.717) is 43.3 Å². The Morgan fingerprint density at radius 3 is 2.62 bits per heavy atom. The third-order valence-electron chi connectivity index (χ3n) is 4.44. The number of hydrogen-bond donors (Lipinski definition) is 3. The first-order valence-electron chi connectivity index (χ1n) is 7.83. The van der Waals surface area contributed by atoms with Crippen molar-refractivity contribution in [2.24, 2.45) is 0 Å². The number of rotatable bonds is 3. The second-order valence-corrected chi connectivity index (χ2v) is 5.85. The molecule has 24 heavy (non-hydrogen) atoms. The first-order chi connectivity index (χ1) is 11.7. The number of aromatic nitrogens is 4. The van der Waals surface area contributed by atoms with Crippen LogP contribution in [0.4, 0.5) is 5.82 Å². The molecule has 0 radical (unpaired) electrons. The molecule has 2 aromatic rings. The molecule has 4 atom stereocenters.